The number of carbonyl (C=O) groups is 1. The molecule has 0 atom stereocenters. The number of hydrogen-bond acceptors (Lipinski definition) is 6. The molecule has 0 aliphatic heterocycles. The fourth-order valence-electron chi connectivity index (χ4n) is 3.79. The number of halogens is 2. The van der Waals surface area contributed by atoms with Gasteiger partial charge in [-0.1, -0.05) is 29.4 Å². The van der Waals surface area contributed by atoms with E-state index in [1.807, 2.05) is 25.1 Å². The van der Waals surface area contributed by atoms with Gasteiger partial charge in [-0.3, -0.25) is 4.99 Å². The van der Waals surface area contributed by atoms with Crippen LogP contribution in [0.25, 0.3) is 0 Å². The van der Waals surface area contributed by atoms with Crippen LogP contribution in [-0.4, -0.2) is 34.6 Å². The molecule has 0 saturated heterocycles. The quantitative estimate of drug-likeness (QED) is 0.568. The molecule has 152 valence electrons. The van der Waals surface area contributed by atoms with E-state index in [2.05, 4.69) is 21.2 Å². The zero-order valence-corrected chi connectivity index (χ0v) is 16.0. The number of rotatable bonds is 7. The second kappa shape index (κ2) is 7.50. The van der Waals surface area contributed by atoms with Gasteiger partial charge < -0.3 is 15.1 Å². The fourth-order valence-corrected chi connectivity index (χ4v) is 3.79. The van der Waals surface area contributed by atoms with Crippen molar-refractivity contribution in [1.29, 1.82) is 0 Å². The maximum atomic E-state index is 13.0. The molecule has 2 aliphatic carbocycles. The van der Waals surface area contributed by atoms with Crippen molar-refractivity contribution >= 4 is 12.0 Å². The van der Waals surface area contributed by atoms with Gasteiger partial charge in [0.05, 0.1) is 17.2 Å². The first-order valence-corrected chi connectivity index (χ1v) is 9.62. The number of benzene rings is 1. The Morgan fingerprint density at radius 1 is 1.34 bits per heavy atom. The Balaban J connectivity index is 1.66. The van der Waals surface area contributed by atoms with Gasteiger partial charge in [-0.05, 0) is 49.8 Å². The number of nitrogens with two attached hydrogens (primary N) is 1. The highest BCUT2D eigenvalue weighted by Gasteiger charge is 2.50. The molecule has 6 nitrogen and oxygen atoms in total. The van der Waals surface area contributed by atoms with E-state index in [0.717, 1.165) is 36.3 Å². The van der Waals surface area contributed by atoms with Gasteiger partial charge in [0.1, 0.15) is 12.0 Å². The van der Waals surface area contributed by atoms with Gasteiger partial charge in [-0.15, -0.1) is 0 Å². The molecule has 1 aromatic heterocycles. The minimum Gasteiger partial charge on any atom is -0.397 e. The molecule has 2 saturated carbocycles. The average molecular weight is 400 g/mol. The highest BCUT2D eigenvalue weighted by molar-refractivity contribution is 6.06. The first kappa shape index (κ1) is 19.4. The van der Waals surface area contributed by atoms with Crippen LogP contribution in [-0.2, 0) is 10.2 Å². The Hall–Kier alpha value is -2.90. The number of carbonyl (C=O) groups excluding carboxylic acids is 1. The standard InChI is InChI=1S/C21H22F2N4O2/c1-12-4-2-3-5-15(12)21(6-7-21)20-26-19(29-27-20)17(10-16(24)18(22)23)25-14-8-13(9-14)11-28/h2-5,10-11,13-14,18H,6-9,24H2,1H3/b16-10-,25-17?. The van der Waals surface area contributed by atoms with Gasteiger partial charge in [0.25, 0.3) is 12.3 Å². The van der Waals surface area contributed by atoms with Gasteiger partial charge in [-0.2, -0.15) is 4.98 Å². The molecule has 29 heavy (non-hydrogen) atoms. The average Bonchev–Trinajstić information content (AvgIpc) is 3.32. The van der Waals surface area contributed by atoms with Crippen LogP contribution in [0.2, 0.25) is 0 Å². The molecular weight excluding hydrogens is 378 g/mol. The van der Waals surface area contributed by atoms with Crippen LogP contribution >= 0.6 is 0 Å². The third-order valence-electron chi connectivity index (χ3n) is 5.70. The summed E-state index contributed by atoms with van der Waals surface area (Å²) in [5, 5.41) is 4.14. The molecule has 2 aliphatic rings. The summed E-state index contributed by atoms with van der Waals surface area (Å²) in [5.74, 6) is 0.548. The van der Waals surface area contributed by atoms with Crippen LogP contribution in [0.5, 0.6) is 0 Å². The molecule has 0 radical (unpaired) electrons. The summed E-state index contributed by atoms with van der Waals surface area (Å²) in [7, 11) is 0. The number of aldehydes is 1. The SMILES string of the molecule is Cc1ccccc1C1(c2noc(C(/C=C(\N)C(F)F)=NC3CC(C=O)C3)n2)CC1. The number of allylic oxidation sites excluding steroid dienone is 2. The third kappa shape index (κ3) is 3.71. The van der Waals surface area contributed by atoms with Crippen LogP contribution in [0, 0.1) is 12.8 Å². The molecule has 1 heterocycles. The lowest BCUT2D eigenvalue weighted by Gasteiger charge is -2.28. The van der Waals surface area contributed by atoms with Crippen LogP contribution < -0.4 is 5.73 Å². The molecule has 0 spiro atoms. The topological polar surface area (TPSA) is 94.4 Å². The highest BCUT2D eigenvalue weighted by Crippen LogP contribution is 2.53. The van der Waals surface area contributed by atoms with E-state index in [0.29, 0.717) is 18.7 Å². The molecule has 2 aromatic rings. The molecule has 4 rings (SSSR count). The van der Waals surface area contributed by atoms with Gasteiger partial charge in [0, 0.05) is 5.92 Å². The number of aryl methyl sites for hydroxylation is 1. The van der Waals surface area contributed by atoms with Crippen LogP contribution in [0.3, 0.4) is 0 Å². The molecule has 0 unspecified atom stereocenters. The normalized spacial score (nSPS) is 23.7. The van der Waals surface area contributed by atoms with E-state index >= 15 is 0 Å². The lowest BCUT2D eigenvalue weighted by atomic mass is 9.82. The van der Waals surface area contributed by atoms with Crippen molar-refractivity contribution in [3.05, 3.63) is 58.9 Å². The van der Waals surface area contributed by atoms with Crippen molar-refractivity contribution in [3.63, 3.8) is 0 Å². The first-order valence-electron chi connectivity index (χ1n) is 9.62. The van der Waals surface area contributed by atoms with Crippen LogP contribution in [0.4, 0.5) is 8.78 Å². The van der Waals surface area contributed by atoms with E-state index in [1.165, 1.54) is 0 Å². The number of alkyl halides is 2. The number of aliphatic imine (C=N–C) groups is 1. The Kier molecular flexibility index (Phi) is 5.02. The zero-order valence-electron chi connectivity index (χ0n) is 16.0. The second-order valence-corrected chi connectivity index (χ2v) is 7.80. The first-order chi connectivity index (χ1) is 13.9. The summed E-state index contributed by atoms with van der Waals surface area (Å²) in [4.78, 5) is 19.8. The van der Waals surface area contributed by atoms with Crippen LogP contribution in [0.1, 0.15) is 48.5 Å². The van der Waals surface area contributed by atoms with E-state index in [9.17, 15) is 13.6 Å². The summed E-state index contributed by atoms with van der Waals surface area (Å²) in [5.41, 5.74) is 6.93. The summed E-state index contributed by atoms with van der Waals surface area (Å²) >= 11 is 0. The molecule has 2 N–H and O–H groups in total. The Morgan fingerprint density at radius 3 is 2.69 bits per heavy atom. The van der Waals surface area contributed by atoms with Gasteiger partial charge in [0.15, 0.2) is 5.82 Å². The largest absolute Gasteiger partial charge is 0.397 e. The monoisotopic (exact) mass is 400 g/mol. The number of hydrogen-bond donors (Lipinski definition) is 1. The smallest absolute Gasteiger partial charge is 0.277 e. The molecule has 2 fully saturated rings. The number of aromatic nitrogens is 2. The predicted molar refractivity (Wildman–Crippen MR) is 103 cm³/mol. The van der Waals surface area contributed by atoms with Gasteiger partial charge >= 0.3 is 0 Å². The predicted octanol–water partition coefficient (Wildman–Crippen LogP) is 3.33. The molecule has 0 amide bonds. The van der Waals surface area contributed by atoms with Gasteiger partial charge in [0.2, 0.25) is 0 Å². The highest BCUT2D eigenvalue weighted by atomic mass is 19.3. The van der Waals surface area contributed by atoms with E-state index in [-0.39, 0.29) is 29.0 Å². The Morgan fingerprint density at radius 2 is 2.07 bits per heavy atom. The minimum absolute atomic E-state index is 0.0459. The molecule has 1 aromatic carbocycles. The van der Waals surface area contributed by atoms with Crippen molar-refractivity contribution < 1.29 is 18.1 Å². The zero-order chi connectivity index (χ0) is 20.6. The van der Waals surface area contributed by atoms with Crippen molar-refractivity contribution in [2.24, 2.45) is 16.6 Å². The Labute approximate surface area is 166 Å². The maximum absolute atomic E-state index is 13.0. The molecule has 8 heteroatoms. The lowest BCUT2D eigenvalue weighted by Crippen LogP contribution is -2.29. The fraction of sp³-hybridized carbons (Fsp3) is 0.429. The van der Waals surface area contributed by atoms with E-state index in [4.69, 9.17) is 10.3 Å². The van der Waals surface area contributed by atoms with E-state index in [1.54, 1.807) is 0 Å². The summed E-state index contributed by atoms with van der Waals surface area (Å²) in [6, 6.07) is 7.89. The van der Waals surface area contributed by atoms with Gasteiger partial charge in [-0.25, -0.2) is 8.78 Å². The van der Waals surface area contributed by atoms with Crippen molar-refractivity contribution in [2.45, 2.75) is 50.5 Å². The van der Waals surface area contributed by atoms with E-state index < -0.39 is 12.1 Å². The maximum Gasteiger partial charge on any atom is 0.277 e. The third-order valence-corrected chi connectivity index (χ3v) is 5.70. The van der Waals surface area contributed by atoms with Crippen molar-refractivity contribution in [2.75, 3.05) is 0 Å². The summed E-state index contributed by atoms with van der Waals surface area (Å²) in [6.45, 7) is 2.04. The number of nitrogens with zero attached hydrogens (tertiary/aromatic N) is 3. The minimum atomic E-state index is -2.81. The lowest BCUT2D eigenvalue weighted by molar-refractivity contribution is -0.113. The second-order valence-electron chi connectivity index (χ2n) is 7.80. The van der Waals surface area contributed by atoms with Crippen molar-refractivity contribution in [1.82, 2.24) is 10.1 Å². The Bertz CT molecular complexity index is 973. The van der Waals surface area contributed by atoms with Crippen LogP contribution in [0.15, 0.2) is 45.6 Å². The molecular formula is C21H22F2N4O2. The summed E-state index contributed by atoms with van der Waals surface area (Å²) < 4.78 is 31.3. The summed E-state index contributed by atoms with van der Waals surface area (Å²) in [6.07, 6.45) is 2.09. The van der Waals surface area contributed by atoms with Crippen molar-refractivity contribution in [3.8, 4) is 0 Å². The molecule has 0 bridgehead atoms.